The number of hydrogen-bond donors (Lipinski definition) is 2. The number of carbonyl (C=O) groups is 1. The second kappa shape index (κ2) is 14.2. The minimum Gasteiger partial charge on any atom is -0.332 e. The molecule has 0 aromatic heterocycles. The Morgan fingerprint density at radius 2 is 1.35 bits per heavy atom. The fraction of sp³-hybridized carbons (Fsp3) is 0.212. The van der Waals surface area contributed by atoms with E-state index in [0.29, 0.717) is 43.3 Å². The molecule has 0 atom stereocenters. The van der Waals surface area contributed by atoms with Gasteiger partial charge >= 0.3 is 0 Å². The lowest BCUT2D eigenvalue weighted by Crippen LogP contribution is -2.49. The third-order valence-electron chi connectivity index (χ3n) is 7.45. The Hall–Kier alpha value is -3.60. The van der Waals surface area contributed by atoms with E-state index in [1.54, 1.807) is 34.6 Å². The van der Waals surface area contributed by atoms with Crippen LogP contribution in [-0.4, -0.2) is 54.8 Å². The van der Waals surface area contributed by atoms with E-state index in [4.69, 9.17) is 23.8 Å². The van der Waals surface area contributed by atoms with Crippen LogP contribution in [0.5, 0.6) is 0 Å². The van der Waals surface area contributed by atoms with Gasteiger partial charge in [0.1, 0.15) is 0 Å². The normalized spacial score (nSPS) is 14.4. The number of sulfonamides is 1. The molecule has 222 valence electrons. The number of hydrogen-bond acceptors (Lipinski definition) is 5. The van der Waals surface area contributed by atoms with Crippen LogP contribution in [0.1, 0.15) is 29.2 Å². The minimum absolute atomic E-state index is 0.0538. The molecule has 4 aromatic carbocycles. The van der Waals surface area contributed by atoms with Crippen LogP contribution in [0.4, 0.5) is 5.69 Å². The number of halogens is 1. The fourth-order valence-electron chi connectivity index (χ4n) is 5.25. The van der Waals surface area contributed by atoms with Gasteiger partial charge in [-0.25, -0.2) is 8.42 Å². The maximum atomic E-state index is 13.5. The summed E-state index contributed by atoms with van der Waals surface area (Å²) in [6.45, 7) is 2.00. The van der Waals surface area contributed by atoms with Gasteiger partial charge in [0.2, 0.25) is 15.9 Å². The molecule has 43 heavy (non-hydrogen) atoms. The molecule has 0 spiro atoms. The predicted octanol–water partition coefficient (Wildman–Crippen LogP) is 5.88. The Morgan fingerprint density at radius 3 is 1.93 bits per heavy atom. The summed E-state index contributed by atoms with van der Waals surface area (Å²) in [7, 11) is -3.68. The summed E-state index contributed by atoms with van der Waals surface area (Å²) < 4.78 is 28.5. The van der Waals surface area contributed by atoms with Crippen LogP contribution in [0.3, 0.4) is 0 Å². The monoisotopic (exact) mass is 632 g/mol. The van der Waals surface area contributed by atoms with Crippen molar-refractivity contribution in [3.63, 3.8) is 0 Å². The summed E-state index contributed by atoms with van der Waals surface area (Å²) in [5.74, 6) is -0.238. The summed E-state index contributed by atoms with van der Waals surface area (Å²) >= 11 is 11.4. The van der Waals surface area contributed by atoms with Crippen LogP contribution in [-0.2, 0) is 21.2 Å². The van der Waals surface area contributed by atoms with Gasteiger partial charge < -0.3 is 10.6 Å². The van der Waals surface area contributed by atoms with Crippen molar-refractivity contribution in [2.45, 2.75) is 23.8 Å². The number of nitrogens with zero attached hydrogens (tertiary/aromatic N) is 2. The second-order valence-electron chi connectivity index (χ2n) is 10.3. The summed E-state index contributed by atoms with van der Waals surface area (Å²) in [6.07, 6.45) is 0.724. The zero-order valence-electron chi connectivity index (χ0n) is 23.5. The first-order valence-electron chi connectivity index (χ1n) is 14.1. The van der Waals surface area contributed by atoms with Crippen molar-refractivity contribution in [2.24, 2.45) is 0 Å². The van der Waals surface area contributed by atoms with E-state index in [1.165, 1.54) is 11.1 Å². The van der Waals surface area contributed by atoms with Gasteiger partial charge in [-0.15, -0.1) is 0 Å². The highest BCUT2D eigenvalue weighted by Crippen LogP contribution is 2.30. The minimum atomic E-state index is -3.68. The van der Waals surface area contributed by atoms with E-state index in [2.05, 4.69) is 39.8 Å². The van der Waals surface area contributed by atoms with E-state index in [-0.39, 0.29) is 28.4 Å². The molecule has 0 saturated carbocycles. The molecule has 2 N–H and O–H groups in total. The average Bonchev–Trinajstić information content (AvgIpc) is 3.02. The van der Waals surface area contributed by atoms with Gasteiger partial charge in [0.15, 0.2) is 5.11 Å². The van der Waals surface area contributed by atoms with Crippen molar-refractivity contribution in [1.82, 2.24) is 14.5 Å². The molecule has 0 unspecified atom stereocenters. The van der Waals surface area contributed by atoms with Gasteiger partial charge in [-0.2, -0.15) is 4.31 Å². The number of benzene rings is 4. The quantitative estimate of drug-likeness (QED) is 0.224. The highest BCUT2D eigenvalue weighted by Gasteiger charge is 2.32. The fourth-order valence-corrected chi connectivity index (χ4v) is 7.13. The van der Waals surface area contributed by atoms with Gasteiger partial charge in [0, 0.05) is 43.3 Å². The third-order valence-corrected chi connectivity index (χ3v) is 9.94. The highest BCUT2D eigenvalue weighted by molar-refractivity contribution is 7.89. The number of piperazine rings is 1. The van der Waals surface area contributed by atoms with Gasteiger partial charge in [-0.3, -0.25) is 9.69 Å². The predicted molar refractivity (Wildman–Crippen MR) is 176 cm³/mol. The Balaban J connectivity index is 1.16. The first-order chi connectivity index (χ1) is 20.8. The number of nitrogens with one attached hydrogen (secondary N) is 2. The Labute approximate surface area is 263 Å². The summed E-state index contributed by atoms with van der Waals surface area (Å²) in [6, 6.07) is 34.5. The molecular formula is C33H33ClN4O3S2. The van der Waals surface area contributed by atoms with Crippen LogP contribution in [0, 0.1) is 0 Å². The summed E-state index contributed by atoms with van der Waals surface area (Å²) in [5, 5.41) is 6.37. The lowest BCUT2D eigenvalue weighted by molar-refractivity contribution is -0.119. The first kappa shape index (κ1) is 30.8. The van der Waals surface area contributed by atoms with Crippen molar-refractivity contribution in [3.05, 3.63) is 131 Å². The van der Waals surface area contributed by atoms with Crippen molar-refractivity contribution < 1.29 is 13.2 Å². The molecule has 1 heterocycles. The van der Waals surface area contributed by atoms with Gasteiger partial charge in [0.05, 0.1) is 10.9 Å². The molecule has 1 aliphatic heterocycles. The number of carbonyl (C=O) groups excluding carboxylic acids is 1. The van der Waals surface area contributed by atoms with E-state index < -0.39 is 10.0 Å². The average molecular weight is 633 g/mol. The number of thiocarbonyl (C=S) groups is 1. The molecule has 1 aliphatic rings. The van der Waals surface area contributed by atoms with Gasteiger partial charge in [0.25, 0.3) is 0 Å². The zero-order chi connectivity index (χ0) is 30.2. The van der Waals surface area contributed by atoms with Crippen LogP contribution in [0.2, 0.25) is 5.02 Å². The standard InChI is InChI=1S/C33H33ClN4O3S2/c34-30-14-8-7-9-25(30)15-20-31(39)36-33(42)35-28-16-18-29(19-17-28)43(40,41)38-23-21-37(22-24-38)32(26-10-3-1-4-11-26)27-12-5-2-6-13-27/h1-14,16-19,32H,15,20-24H2,(H2,35,36,39,42). The SMILES string of the molecule is O=C(CCc1ccccc1Cl)NC(=S)Nc1ccc(S(=O)(=O)N2CCN(C(c3ccccc3)c3ccccc3)CC2)cc1. The van der Waals surface area contributed by atoms with Crippen LogP contribution >= 0.6 is 23.8 Å². The van der Waals surface area contributed by atoms with Gasteiger partial charge in [-0.1, -0.05) is 90.5 Å². The Bertz CT molecular complexity index is 1610. The molecular weight excluding hydrogens is 600 g/mol. The largest absolute Gasteiger partial charge is 0.332 e. The lowest BCUT2D eigenvalue weighted by atomic mass is 9.96. The highest BCUT2D eigenvalue weighted by atomic mass is 35.5. The molecule has 0 aliphatic carbocycles. The molecule has 1 saturated heterocycles. The number of aryl methyl sites for hydroxylation is 1. The Morgan fingerprint density at radius 1 is 0.791 bits per heavy atom. The van der Waals surface area contributed by atoms with E-state index in [1.807, 2.05) is 54.6 Å². The lowest BCUT2D eigenvalue weighted by Gasteiger charge is -2.39. The van der Waals surface area contributed by atoms with Crippen molar-refractivity contribution in [2.75, 3.05) is 31.5 Å². The topological polar surface area (TPSA) is 81.8 Å². The maximum Gasteiger partial charge on any atom is 0.243 e. The number of rotatable bonds is 9. The van der Waals surface area contributed by atoms with E-state index >= 15 is 0 Å². The summed E-state index contributed by atoms with van der Waals surface area (Å²) in [4.78, 5) is 14.9. The zero-order valence-corrected chi connectivity index (χ0v) is 25.9. The Kier molecular flexibility index (Phi) is 10.2. The van der Waals surface area contributed by atoms with Crippen LogP contribution in [0.25, 0.3) is 0 Å². The van der Waals surface area contributed by atoms with Crippen molar-refractivity contribution in [1.29, 1.82) is 0 Å². The van der Waals surface area contributed by atoms with Crippen molar-refractivity contribution in [3.8, 4) is 0 Å². The molecule has 7 nitrogen and oxygen atoms in total. The molecule has 1 fully saturated rings. The van der Waals surface area contributed by atoms with E-state index in [0.717, 1.165) is 5.56 Å². The number of anilines is 1. The first-order valence-corrected chi connectivity index (χ1v) is 16.3. The maximum absolute atomic E-state index is 13.5. The molecule has 5 rings (SSSR count). The third kappa shape index (κ3) is 7.87. The molecule has 0 bridgehead atoms. The van der Waals surface area contributed by atoms with E-state index in [9.17, 15) is 13.2 Å². The number of amides is 1. The van der Waals surface area contributed by atoms with Crippen LogP contribution in [0.15, 0.2) is 114 Å². The molecule has 0 radical (unpaired) electrons. The van der Waals surface area contributed by atoms with Crippen LogP contribution < -0.4 is 10.6 Å². The molecule has 1 amide bonds. The molecule has 4 aromatic rings. The second-order valence-corrected chi connectivity index (χ2v) is 13.0. The summed E-state index contributed by atoms with van der Waals surface area (Å²) in [5.41, 5.74) is 3.84. The van der Waals surface area contributed by atoms with Crippen molar-refractivity contribution >= 4 is 50.5 Å². The molecule has 10 heteroatoms. The van der Waals surface area contributed by atoms with Gasteiger partial charge in [-0.05, 0) is 65.7 Å². The smallest absolute Gasteiger partial charge is 0.243 e.